The molecule has 21 heavy (non-hydrogen) atoms. The van der Waals surface area contributed by atoms with Crippen LogP contribution in [0.3, 0.4) is 0 Å². The summed E-state index contributed by atoms with van der Waals surface area (Å²) in [6, 6.07) is 10.8. The second kappa shape index (κ2) is 5.90. The first-order valence-corrected chi connectivity index (χ1v) is 8.14. The lowest BCUT2D eigenvalue weighted by Crippen LogP contribution is -2.08. The third-order valence-corrected chi connectivity index (χ3v) is 4.89. The molecule has 1 N–H and O–H groups in total. The Bertz CT molecular complexity index is 687. The van der Waals surface area contributed by atoms with Crippen LogP contribution in [0, 0.1) is 6.92 Å². The minimum Gasteiger partial charge on any atom is -0.495 e. The zero-order valence-electron chi connectivity index (χ0n) is 12.0. The minimum atomic E-state index is 0.322. The number of halogens is 2. The summed E-state index contributed by atoms with van der Waals surface area (Å²) in [5.41, 5.74) is 4.83. The highest BCUT2D eigenvalue weighted by atomic mass is 79.9. The highest BCUT2D eigenvalue weighted by Crippen LogP contribution is 2.39. The Balaban J connectivity index is 1.91. The molecule has 3 rings (SSSR count). The molecule has 0 aliphatic heterocycles. The summed E-state index contributed by atoms with van der Waals surface area (Å²) in [7, 11) is 1.67. The second-order valence-corrected chi connectivity index (χ2v) is 6.70. The van der Waals surface area contributed by atoms with E-state index in [1.807, 2.05) is 13.0 Å². The Hall–Kier alpha value is -1.19. The number of hydrogen-bond donors (Lipinski definition) is 1. The summed E-state index contributed by atoms with van der Waals surface area (Å²) in [6.07, 6.45) is 2.19. The maximum atomic E-state index is 6.17. The van der Waals surface area contributed by atoms with Gasteiger partial charge >= 0.3 is 0 Å². The van der Waals surface area contributed by atoms with Crippen molar-refractivity contribution in [2.24, 2.45) is 0 Å². The molecule has 0 fully saturated rings. The molecule has 110 valence electrons. The van der Waals surface area contributed by atoms with Gasteiger partial charge in [0, 0.05) is 15.6 Å². The molecule has 0 amide bonds. The van der Waals surface area contributed by atoms with Crippen LogP contribution in [0.5, 0.6) is 5.75 Å². The Morgan fingerprint density at radius 1 is 1.29 bits per heavy atom. The van der Waals surface area contributed by atoms with Crippen molar-refractivity contribution in [1.29, 1.82) is 0 Å². The van der Waals surface area contributed by atoms with Crippen molar-refractivity contribution in [3.05, 3.63) is 56.5 Å². The Morgan fingerprint density at radius 2 is 2.10 bits per heavy atom. The first kappa shape index (κ1) is 14.7. The van der Waals surface area contributed by atoms with Crippen LogP contribution < -0.4 is 10.1 Å². The monoisotopic (exact) mass is 365 g/mol. The quantitative estimate of drug-likeness (QED) is 0.772. The standard InChI is InChI=1S/C17H17BrClNO/c1-10-7-16(17(21-2)9-14(10)19)20-15-6-3-11-8-12(18)4-5-13(11)15/h4-5,7-9,15,20H,3,6H2,1-2H3. The number of benzene rings is 2. The summed E-state index contributed by atoms with van der Waals surface area (Å²) in [6.45, 7) is 2.01. The topological polar surface area (TPSA) is 21.3 Å². The van der Waals surface area contributed by atoms with Gasteiger partial charge in [0.1, 0.15) is 5.75 Å². The molecule has 4 heteroatoms. The number of anilines is 1. The van der Waals surface area contributed by atoms with E-state index in [-0.39, 0.29) is 0 Å². The van der Waals surface area contributed by atoms with Crippen LogP contribution in [-0.2, 0) is 6.42 Å². The van der Waals surface area contributed by atoms with Crippen LogP contribution in [0.1, 0.15) is 29.2 Å². The molecule has 1 unspecified atom stereocenters. The van der Waals surface area contributed by atoms with E-state index in [1.165, 1.54) is 11.1 Å². The van der Waals surface area contributed by atoms with Gasteiger partial charge in [-0.15, -0.1) is 0 Å². The summed E-state index contributed by atoms with van der Waals surface area (Å²) in [5.74, 6) is 0.788. The third-order valence-electron chi connectivity index (χ3n) is 3.99. The van der Waals surface area contributed by atoms with Gasteiger partial charge in [0.05, 0.1) is 18.8 Å². The first-order valence-electron chi connectivity index (χ1n) is 6.97. The number of rotatable bonds is 3. The Kier molecular flexibility index (Phi) is 4.14. The van der Waals surface area contributed by atoms with Crippen LogP contribution in [0.15, 0.2) is 34.8 Å². The van der Waals surface area contributed by atoms with Crippen molar-refractivity contribution in [2.75, 3.05) is 12.4 Å². The van der Waals surface area contributed by atoms with E-state index in [0.717, 1.165) is 39.3 Å². The van der Waals surface area contributed by atoms with E-state index in [0.29, 0.717) is 6.04 Å². The maximum Gasteiger partial charge on any atom is 0.143 e. The maximum absolute atomic E-state index is 6.17. The molecule has 2 aromatic rings. The number of aryl methyl sites for hydroxylation is 2. The van der Waals surface area contributed by atoms with Gasteiger partial charge in [-0.25, -0.2) is 0 Å². The highest BCUT2D eigenvalue weighted by molar-refractivity contribution is 9.10. The first-order chi connectivity index (χ1) is 10.1. The van der Waals surface area contributed by atoms with Crippen LogP contribution >= 0.6 is 27.5 Å². The number of ether oxygens (including phenoxy) is 1. The van der Waals surface area contributed by atoms with Crippen molar-refractivity contribution in [1.82, 2.24) is 0 Å². The average Bonchev–Trinajstić information content (AvgIpc) is 2.84. The summed E-state index contributed by atoms with van der Waals surface area (Å²) in [4.78, 5) is 0. The predicted octanol–water partition coefficient (Wildman–Crippen LogP) is 5.52. The molecule has 1 aliphatic carbocycles. The summed E-state index contributed by atoms with van der Waals surface area (Å²) >= 11 is 9.70. The Morgan fingerprint density at radius 3 is 2.86 bits per heavy atom. The molecule has 0 aromatic heterocycles. The molecule has 1 atom stereocenters. The SMILES string of the molecule is COc1cc(Cl)c(C)cc1NC1CCc2cc(Br)ccc21. The molecular formula is C17H17BrClNO. The van der Waals surface area contributed by atoms with Crippen molar-refractivity contribution < 1.29 is 4.74 Å². The van der Waals surface area contributed by atoms with Gasteiger partial charge in [0.25, 0.3) is 0 Å². The molecule has 2 aromatic carbocycles. The molecular weight excluding hydrogens is 350 g/mol. The van der Waals surface area contributed by atoms with Gasteiger partial charge in [0.2, 0.25) is 0 Å². The fourth-order valence-electron chi connectivity index (χ4n) is 2.87. The summed E-state index contributed by atoms with van der Waals surface area (Å²) < 4.78 is 6.58. The lowest BCUT2D eigenvalue weighted by Gasteiger charge is -2.19. The molecule has 0 saturated carbocycles. The molecule has 0 spiro atoms. The van der Waals surface area contributed by atoms with Gasteiger partial charge in [-0.05, 0) is 54.7 Å². The minimum absolute atomic E-state index is 0.322. The van der Waals surface area contributed by atoms with Gasteiger partial charge in [-0.1, -0.05) is 33.6 Å². The largest absolute Gasteiger partial charge is 0.495 e. The lowest BCUT2D eigenvalue weighted by atomic mass is 10.1. The fraction of sp³-hybridized carbons (Fsp3) is 0.294. The Labute approximate surface area is 138 Å². The van der Waals surface area contributed by atoms with Crippen LogP contribution in [0.4, 0.5) is 5.69 Å². The number of nitrogens with one attached hydrogen (secondary N) is 1. The number of methoxy groups -OCH3 is 1. The van der Waals surface area contributed by atoms with E-state index < -0.39 is 0 Å². The van der Waals surface area contributed by atoms with E-state index >= 15 is 0 Å². The normalized spacial score (nSPS) is 16.7. The van der Waals surface area contributed by atoms with Crippen molar-refractivity contribution in [2.45, 2.75) is 25.8 Å². The molecule has 0 heterocycles. The smallest absolute Gasteiger partial charge is 0.143 e. The zero-order valence-corrected chi connectivity index (χ0v) is 14.4. The van der Waals surface area contributed by atoms with E-state index in [9.17, 15) is 0 Å². The van der Waals surface area contributed by atoms with Gasteiger partial charge in [-0.3, -0.25) is 0 Å². The summed E-state index contributed by atoms with van der Waals surface area (Å²) in [5, 5.41) is 4.33. The molecule has 0 saturated heterocycles. The van der Waals surface area contributed by atoms with Gasteiger partial charge in [0.15, 0.2) is 0 Å². The van der Waals surface area contributed by atoms with Crippen LogP contribution in [-0.4, -0.2) is 7.11 Å². The molecule has 2 nitrogen and oxygen atoms in total. The van der Waals surface area contributed by atoms with Crippen molar-refractivity contribution in [3.8, 4) is 5.75 Å². The predicted molar refractivity (Wildman–Crippen MR) is 91.6 cm³/mol. The van der Waals surface area contributed by atoms with E-state index in [4.69, 9.17) is 16.3 Å². The highest BCUT2D eigenvalue weighted by Gasteiger charge is 2.23. The molecule has 0 bridgehead atoms. The lowest BCUT2D eigenvalue weighted by molar-refractivity contribution is 0.416. The van der Waals surface area contributed by atoms with E-state index in [1.54, 1.807) is 7.11 Å². The second-order valence-electron chi connectivity index (χ2n) is 5.38. The molecule has 1 aliphatic rings. The van der Waals surface area contributed by atoms with Gasteiger partial charge < -0.3 is 10.1 Å². The van der Waals surface area contributed by atoms with Crippen LogP contribution in [0.25, 0.3) is 0 Å². The van der Waals surface area contributed by atoms with E-state index in [2.05, 4.69) is 45.5 Å². The van der Waals surface area contributed by atoms with Crippen LogP contribution in [0.2, 0.25) is 5.02 Å². The number of hydrogen-bond acceptors (Lipinski definition) is 2. The fourth-order valence-corrected chi connectivity index (χ4v) is 3.43. The molecule has 0 radical (unpaired) electrons. The third kappa shape index (κ3) is 2.90. The number of fused-ring (bicyclic) bond motifs is 1. The van der Waals surface area contributed by atoms with Crippen molar-refractivity contribution in [3.63, 3.8) is 0 Å². The van der Waals surface area contributed by atoms with Crippen molar-refractivity contribution >= 4 is 33.2 Å². The van der Waals surface area contributed by atoms with Gasteiger partial charge in [-0.2, -0.15) is 0 Å². The average molecular weight is 367 g/mol. The zero-order chi connectivity index (χ0) is 15.0.